The highest BCUT2D eigenvalue weighted by Crippen LogP contribution is 2.35. The lowest BCUT2D eigenvalue weighted by molar-refractivity contribution is -0.759. The molecule has 0 aliphatic carbocycles. The third-order valence-corrected chi connectivity index (χ3v) is 4.83. The van der Waals surface area contributed by atoms with E-state index in [-0.39, 0.29) is 33.6 Å². The molecule has 1 aromatic carbocycles. The maximum Gasteiger partial charge on any atom is 0.320 e. The van der Waals surface area contributed by atoms with Gasteiger partial charge in [-0.25, -0.2) is 9.98 Å². The molecule has 144 valence electrons. The number of hydrogen-bond acceptors (Lipinski definition) is 9. The van der Waals surface area contributed by atoms with Crippen LogP contribution in [0, 0.1) is 22.7 Å². The van der Waals surface area contributed by atoms with Gasteiger partial charge in [0.25, 0.3) is 6.20 Å². The number of hydrogen-bond donors (Lipinski definition) is 1. The van der Waals surface area contributed by atoms with E-state index in [0.29, 0.717) is 17.7 Å². The highest BCUT2D eigenvalue weighted by Gasteiger charge is 2.20. The Morgan fingerprint density at radius 2 is 2.00 bits per heavy atom. The number of rotatable bonds is 6. The molecule has 0 aliphatic heterocycles. The van der Waals surface area contributed by atoms with Crippen molar-refractivity contribution < 1.29 is 14.3 Å². The monoisotopic (exact) mass is 405 g/mol. The second-order valence-electron chi connectivity index (χ2n) is 5.71. The third-order valence-electron chi connectivity index (χ3n) is 3.87. The average Bonchev–Trinajstić information content (AvgIpc) is 3.19. The van der Waals surface area contributed by atoms with Crippen LogP contribution in [0.1, 0.15) is 18.1 Å². The van der Waals surface area contributed by atoms with Gasteiger partial charge in [-0.15, -0.1) is 0 Å². The van der Waals surface area contributed by atoms with Crippen molar-refractivity contribution in [1.29, 1.82) is 10.5 Å². The number of anilines is 1. The number of aliphatic imine (C=N–C) groups is 1. The van der Waals surface area contributed by atoms with Crippen LogP contribution in [0.15, 0.2) is 51.1 Å². The molecule has 0 spiro atoms. The van der Waals surface area contributed by atoms with E-state index in [1.807, 2.05) is 19.1 Å². The van der Waals surface area contributed by atoms with E-state index in [1.54, 1.807) is 24.3 Å². The Hall–Kier alpha value is -3.89. The molecule has 3 rings (SSSR count). The number of thioether (sulfide) groups is 1. The number of nitrogens with two attached hydrogens (primary N) is 1. The fourth-order valence-corrected chi connectivity index (χ4v) is 3.33. The largest absolute Gasteiger partial charge is 0.861 e. The van der Waals surface area contributed by atoms with Crippen LogP contribution in [0.5, 0.6) is 0 Å². The maximum atomic E-state index is 12.2. The predicted octanol–water partition coefficient (Wildman–Crippen LogP) is 1.55. The van der Waals surface area contributed by atoms with Crippen molar-refractivity contribution in [2.24, 2.45) is 4.99 Å². The van der Waals surface area contributed by atoms with Crippen molar-refractivity contribution in [3.05, 3.63) is 47.7 Å². The standard InChI is InChI=1S/C19H15N7O2S/c1-2-26-10-16(28-25-26)23-15(27)11-29-19-14(9-21)17(12-6-4-3-5-7-12)13(8-20)18(22)24-19/h3-7,10H,2,11H2,1H3,(H2-,22,23,24,25,27). The summed E-state index contributed by atoms with van der Waals surface area (Å²) in [7, 11) is 0. The summed E-state index contributed by atoms with van der Waals surface area (Å²) in [6.45, 7) is 2.46. The maximum absolute atomic E-state index is 12.2. The summed E-state index contributed by atoms with van der Waals surface area (Å²) in [4.78, 5) is 7.99. The topological polar surface area (TPSA) is 152 Å². The SMILES string of the molecule is CC[n+]1cc(/N=C(\[O-])CSc2nc(N)c(C#N)c(-c3ccccc3)c2C#N)on1. The molecule has 0 amide bonds. The highest BCUT2D eigenvalue weighted by atomic mass is 32.2. The van der Waals surface area contributed by atoms with Crippen molar-refractivity contribution in [2.45, 2.75) is 18.5 Å². The Morgan fingerprint density at radius 3 is 2.62 bits per heavy atom. The normalized spacial score (nSPS) is 11.1. The Bertz CT molecular complexity index is 1140. The quantitative estimate of drug-likeness (QED) is 0.281. The second kappa shape index (κ2) is 8.87. The Labute approximate surface area is 170 Å². The van der Waals surface area contributed by atoms with Crippen LogP contribution in [0.3, 0.4) is 0 Å². The Morgan fingerprint density at radius 1 is 1.28 bits per heavy atom. The summed E-state index contributed by atoms with van der Waals surface area (Å²) >= 11 is 1.02. The summed E-state index contributed by atoms with van der Waals surface area (Å²) in [6.07, 6.45) is 1.51. The number of nitriles is 2. The van der Waals surface area contributed by atoms with Crippen molar-refractivity contribution in [3.8, 4) is 23.3 Å². The van der Waals surface area contributed by atoms with Crippen LogP contribution < -0.4 is 15.5 Å². The molecular formula is C19H15N7O2S. The lowest BCUT2D eigenvalue weighted by atomic mass is 9.97. The first kappa shape index (κ1) is 19.9. The number of nitrogens with zero attached hydrogens (tertiary/aromatic N) is 6. The summed E-state index contributed by atoms with van der Waals surface area (Å²) < 4.78 is 6.44. The number of benzene rings is 1. The van der Waals surface area contributed by atoms with E-state index >= 15 is 0 Å². The fraction of sp³-hybridized carbons (Fsp3) is 0.158. The molecule has 10 heteroatoms. The van der Waals surface area contributed by atoms with Crippen LogP contribution in [-0.2, 0) is 6.54 Å². The lowest BCUT2D eigenvalue weighted by Crippen LogP contribution is -2.32. The molecule has 3 aromatic rings. The molecule has 0 bridgehead atoms. The molecule has 9 nitrogen and oxygen atoms in total. The van der Waals surface area contributed by atoms with Gasteiger partial charge in [-0.05, 0) is 18.4 Å². The smallest absolute Gasteiger partial charge is 0.320 e. The van der Waals surface area contributed by atoms with Gasteiger partial charge in [-0.3, -0.25) is 4.52 Å². The van der Waals surface area contributed by atoms with Gasteiger partial charge in [-0.2, -0.15) is 10.5 Å². The van der Waals surface area contributed by atoms with E-state index in [0.717, 1.165) is 11.8 Å². The second-order valence-corrected chi connectivity index (χ2v) is 6.67. The molecular weight excluding hydrogens is 390 g/mol. The molecule has 0 atom stereocenters. The molecule has 0 aliphatic rings. The van der Waals surface area contributed by atoms with Gasteiger partial charge in [0.05, 0.1) is 5.56 Å². The molecule has 0 saturated heterocycles. The van der Waals surface area contributed by atoms with Crippen LogP contribution in [0.25, 0.3) is 11.1 Å². The van der Waals surface area contributed by atoms with Gasteiger partial charge in [0.2, 0.25) is 5.27 Å². The predicted molar refractivity (Wildman–Crippen MR) is 104 cm³/mol. The van der Waals surface area contributed by atoms with Gasteiger partial charge < -0.3 is 10.8 Å². The Balaban J connectivity index is 1.95. The number of nitrogen functional groups attached to an aromatic ring is 1. The van der Waals surface area contributed by atoms with Gasteiger partial charge in [0, 0.05) is 11.3 Å². The van der Waals surface area contributed by atoms with Crippen LogP contribution in [0.4, 0.5) is 11.7 Å². The van der Waals surface area contributed by atoms with Crippen molar-refractivity contribution >= 4 is 29.4 Å². The van der Waals surface area contributed by atoms with Crippen molar-refractivity contribution in [3.63, 3.8) is 0 Å². The molecule has 0 saturated carbocycles. The lowest BCUT2D eigenvalue weighted by Gasteiger charge is -2.14. The first-order valence-corrected chi connectivity index (χ1v) is 9.48. The van der Waals surface area contributed by atoms with Gasteiger partial charge in [-0.1, -0.05) is 46.8 Å². The molecule has 2 N–H and O–H groups in total. The number of aryl methyl sites for hydroxylation is 1. The van der Waals surface area contributed by atoms with Gasteiger partial charge >= 0.3 is 5.88 Å². The molecule has 2 heterocycles. The minimum atomic E-state index is -0.482. The number of aromatic nitrogens is 3. The zero-order valence-electron chi connectivity index (χ0n) is 15.4. The van der Waals surface area contributed by atoms with Crippen molar-refractivity contribution in [1.82, 2.24) is 10.3 Å². The van der Waals surface area contributed by atoms with E-state index in [2.05, 4.69) is 21.3 Å². The van der Waals surface area contributed by atoms with Crippen LogP contribution in [0.2, 0.25) is 0 Å². The fourth-order valence-electron chi connectivity index (χ4n) is 2.55. The van der Waals surface area contributed by atoms with E-state index in [9.17, 15) is 15.6 Å². The summed E-state index contributed by atoms with van der Waals surface area (Å²) in [6, 6.07) is 13.1. The molecule has 0 radical (unpaired) electrons. The highest BCUT2D eigenvalue weighted by molar-refractivity contribution is 8.00. The summed E-state index contributed by atoms with van der Waals surface area (Å²) in [5.74, 6) is -0.482. The average molecular weight is 405 g/mol. The minimum Gasteiger partial charge on any atom is -0.861 e. The molecule has 29 heavy (non-hydrogen) atoms. The Kier molecular flexibility index (Phi) is 6.07. The third kappa shape index (κ3) is 4.34. The van der Waals surface area contributed by atoms with Crippen LogP contribution in [-0.4, -0.2) is 21.9 Å². The zero-order valence-corrected chi connectivity index (χ0v) is 16.2. The van der Waals surface area contributed by atoms with E-state index < -0.39 is 5.90 Å². The van der Waals surface area contributed by atoms with Gasteiger partial charge in [0.15, 0.2) is 6.54 Å². The van der Waals surface area contributed by atoms with E-state index in [4.69, 9.17) is 10.3 Å². The summed E-state index contributed by atoms with van der Waals surface area (Å²) in [5, 5.41) is 35.3. The minimum absolute atomic E-state index is 0.00327. The first-order valence-electron chi connectivity index (χ1n) is 8.50. The number of pyridine rings is 1. The van der Waals surface area contributed by atoms with Crippen molar-refractivity contribution in [2.75, 3.05) is 11.5 Å². The summed E-state index contributed by atoms with van der Waals surface area (Å²) in [5.41, 5.74) is 7.32. The molecule has 0 unspecified atom stereocenters. The molecule has 0 fully saturated rings. The van der Waals surface area contributed by atoms with E-state index in [1.165, 1.54) is 10.9 Å². The molecule has 2 aromatic heterocycles. The van der Waals surface area contributed by atoms with Crippen LogP contribution >= 0.6 is 11.8 Å². The zero-order chi connectivity index (χ0) is 20.8. The first-order chi connectivity index (χ1) is 14.1. The van der Waals surface area contributed by atoms with Gasteiger partial charge in [0.1, 0.15) is 28.5 Å².